The smallest absolute Gasteiger partial charge is 0.208 e. The van der Waals surface area contributed by atoms with E-state index in [0.29, 0.717) is 18.5 Å². The van der Waals surface area contributed by atoms with E-state index in [2.05, 4.69) is 29.2 Å². The highest BCUT2D eigenvalue weighted by atomic mass is 16.4. The van der Waals surface area contributed by atoms with Gasteiger partial charge in [-0.15, -0.1) is 0 Å². The van der Waals surface area contributed by atoms with E-state index >= 15 is 0 Å². The minimum absolute atomic E-state index is 0.401. The van der Waals surface area contributed by atoms with Crippen LogP contribution in [0.1, 0.15) is 37.2 Å². The minimum atomic E-state index is 0.401. The van der Waals surface area contributed by atoms with Crippen LogP contribution < -0.4 is 5.32 Å². The molecule has 0 saturated heterocycles. The fourth-order valence-corrected chi connectivity index (χ4v) is 1.54. The van der Waals surface area contributed by atoms with Gasteiger partial charge in [0.1, 0.15) is 5.76 Å². The summed E-state index contributed by atoms with van der Waals surface area (Å²) in [4.78, 5) is 4.13. The summed E-state index contributed by atoms with van der Waals surface area (Å²) in [5.41, 5.74) is 1.03. The molecule has 0 aliphatic heterocycles. The van der Waals surface area contributed by atoms with Crippen molar-refractivity contribution in [1.29, 1.82) is 0 Å². The summed E-state index contributed by atoms with van der Waals surface area (Å²) < 4.78 is 7.32. The van der Waals surface area contributed by atoms with Crippen molar-refractivity contribution in [3.63, 3.8) is 0 Å². The van der Waals surface area contributed by atoms with Gasteiger partial charge in [0.25, 0.3) is 0 Å². The molecule has 17 heavy (non-hydrogen) atoms. The lowest BCUT2D eigenvalue weighted by molar-refractivity contribution is 0.446. The number of nitrogens with zero attached hydrogens (tertiary/aromatic N) is 3. The van der Waals surface area contributed by atoms with E-state index in [0.717, 1.165) is 18.0 Å². The number of aryl methyl sites for hydroxylation is 1. The van der Waals surface area contributed by atoms with Gasteiger partial charge >= 0.3 is 0 Å². The first kappa shape index (κ1) is 11.9. The molecule has 0 bridgehead atoms. The summed E-state index contributed by atoms with van der Waals surface area (Å²) in [6.07, 6.45) is 3.72. The maximum Gasteiger partial charge on any atom is 0.208 e. The summed E-state index contributed by atoms with van der Waals surface area (Å²) >= 11 is 0. The van der Waals surface area contributed by atoms with E-state index < -0.39 is 0 Å². The van der Waals surface area contributed by atoms with Crippen molar-refractivity contribution in [2.45, 2.75) is 39.9 Å². The highest BCUT2D eigenvalue weighted by Crippen LogP contribution is 2.05. The lowest BCUT2D eigenvalue weighted by Gasteiger charge is -2.04. The normalized spacial score (nSPS) is 11.3. The molecule has 5 heteroatoms. The third-order valence-electron chi connectivity index (χ3n) is 2.44. The van der Waals surface area contributed by atoms with E-state index in [1.54, 1.807) is 6.20 Å². The Labute approximate surface area is 101 Å². The molecule has 0 spiro atoms. The Bertz CT molecular complexity index is 472. The fourth-order valence-electron chi connectivity index (χ4n) is 1.54. The van der Waals surface area contributed by atoms with Gasteiger partial charge < -0.3 is 9.73 Å². The molecule has 2 rings (SSSR count). The Kier molecular flexibility index (Phi) is 3.58. The van der Waals surface area contributed by atoms with Gasteiger partial charge in [-0.2, -0.15) is 5.10 Å². The number of hydrogen-bond acceptors (Lipinski definition) is 4. The molecule has 1 N–H and O–H groups in total. The van der Waals surface area contributed by atoms with E-state index in [4.69, 9.17) is 4.42 Å². The second-order valence-corrected chi connectivity index (χ2v) is 4.35. The molecular weight excluding hydrogens is 216 g/mol. The van der Waals surface area contributed by atoms with Gasteiger partial charge in [0.15, 0.2) is 0 Å². The second kappa shape index (κ2) is 5.14. The van der Waals surface area contributed by atoms with E-state index in [1.807, 2.05) is 23.9 Å². The molecule has 0 saturated carbocycles. The molecule has 0 radical (unpaired) electrons. The van der Waals surface area contributed by atoms with Crippen molar-refractivity contribution < 1.29 is 4.42 Å². The van der Waals surface area contributed by atoms with Crippen LogP contribution in [-0.2, 0) is 13.1 Å². The Balaban J connectivity index is 1.81. The van der Waals surface area contributed by atoms with Crippen LogP contribution in [0.15, 0.2) is 22.9 Å². The van der Waals surface area contributed by atoms with Crippen LogP contribution in [0.5, 0.6) is 0 Å². The van der Waals surface area contributed by atoms with E-state index in [1.165, 1.54) is 0 Å². The quantitative estimate of drug-likeness (QED) is 0.860. The number of aromatic nitrogens is 3. The zero-order valence-corrected chi connectivity index (χ0v) is 10.5. The molecule has 0 aromatic carbocycles. The Morgan fingerprint density at radius 1 is 1.41 bits per heavy atom. The van der Waals surface area contributed by atoms with Crippen LogP contribution in [0.25, 0.3) is 0 Å². The molecule has 2 heterocycles. The topological polar surface area (TPSA) is 55.9 Å². The number of hydrogen-bond donors (Lipinski definition) is 1. The molecule has 0 amide bonds. The largest absolute Gasteiger partial charge is 0.445 e. The first-order valence-corrected chi connectivity index (χ1v) is 5.81. The maximum absolute atomic E-state index is 5.37. The highest BCUT2D eigenvalue weighted by molar-refractivity contribution is 4.99. The van der Waals surface area contributed by atoms with Crippen LogP contribution in [-0.4, -0.2) is 14.8 Å². The third-order valence-corrected chi connectivity index (χ3v) is 2.44. The van der Waals surface area contributed by atoms with Crippen molar-refractivity contribution in [1.82, 2.24) is 20.1 Å². The molecule has 0 unspecified atom stereocenters. The van der Waals surface area contributed by atoms with Crippen LogP contribution in [0.2, 0.25) is 0 Å². The fraction of sp³-hybridized carbons (Fsp3) is 0.500. The summed E-state index contributed by atoms with van der Waals surface area (Å²) in [5.74, 6) is 1.55. The molecule has 0 fully saturated rings. The second-order valence-electron chi connectivity index (χ2n) is 4.35. The summed E-state index contributed by atoms with van der Waals surface area (Å²) in [7, 11) is 0. The molecule has 0 aliphatic rings. The third kappa shape index (κ3) is 3.17. The van der Waals surface area contributed by atoms with Crippen LogP contribution in [0.4, 0.5) is 0 Å². The van der Waals surface area contributed by atoms with E-state index in [-0.39, 0.29) is 0 Å². The monoisotopic (exact) mass is 234 g/mol. The van der Waals surface area contributed by atoms with Crippen molar-refractivity contribution in [3.05, 3.63) is 35.8 Å². The summed E-state index contributed by atoms with van der Waals surface area (Å²) in [6.45, 7) is 7.46. The average molecular weight is 234 g/mol. The first-order chi connectivity index (χ1) is 8.15. The predicted molar refractivity (Wildman–Crippen MR) is 64.4 cm³/mol. The first-order valence-electron chi connectivity index (χ1n) is 5.81. The van der Waals surface area contributed by atoms with Crippen molar-refractivity contribution in [2.75, 3.05) is 0 Å². The van der Waals surface area contributed by atoms with Gasteiger partial charge in [0.2, 0.25) is 5.89 Å². The number of oxazole rings is 1. The predicted octanol–water partition coefficient (Wildman–Crippen LogP) is 2.05. The Morgan fingerprint density at radius 3 is 2.82 bits per heavy atom. The number of nitrogens with one attached hydrogen (secondary N) is 1. The Hall–Kier alpha value is -1.62. The highest BCUT2D eigenvalue weighted by Gasteiger charge is 2.03. The zero-order valence-electron chi connectivity index (χ0n) is 10.5. The van der Waals surface area contributed by atoms with Gasteiger partial charge in [-0.1, -0.05) is 0 Å². The maximum atomic E-state index is 5.37. The molecule has 0 aliphatic carbocycles. The lowest BCUT2D eigenvalue weighted by Crippen LogP contribution is -2.14. The van der Waals surface area contributed by atoms with Crippen LogP contribution in [0.3, 0.4) is 0 Å². The van der Waals surface area contributed by atoms with E-state index in [9.17, 15) is 0 Å². The molecule has 0 atom stereocenters. The van der Waals surface area contributed by atoms with Gasteiger partial charge in [0, 0.05) is 18.8 Å². The van der Waals surface area contributed by atoms with Gasteiger partial charge in [-0.3, -0.25) is 4.68 Å². The standard InChI is InChI=1S/C12H18N4O/c1-9(2)16-5-4-11(15-16)7-13-8-12-14-6-10(3)17-12/h4-6,9,13H,7-8H2,1-3H3. The Morgan fingerprint density at radius 2 is 2.24 bits per heavy atom. The van der Waals surface area contributed by atoms with Crippen LogP contribution >= 0.6 is 0 Å². The number of rotatable bonds is 5. The molecule has 2 aromatic rings. The summed E-state index contributed by atoms with van der Waals surface area (Å²) in [6, 6.07) is 2.42. The van der Waals surface area contributed by atoms with Crippen LogP contribution in [0, 0.1) is 6.92 Å². The lowest BCUT2D eigenvalue weighted by atomic mass is 10.4. The van der Waals surface area contributed by atoms with Gasteiger partial charge in [0.05, 0.1) is 18.4 Å². The molecular formula is C12H18N4O. The molecule has 92 valence electrons. The van der Waals surface area contributed by atoms with Crippen molar-refractivity contribution in [2.24, 2.45) is 0 Å². The zero-order chi connectivity index (χ0) is 12.3. The SMILES string of the molecule is Cc1cnc(CNCc2ccn(C(C)C)n2)o1. The average Bonchev–Trinajstić information content (AvgIpc) is 2.88. The molecule has 2 aromatic heterocycles. The molecule has 5 nitrogen and oxygen atoms in total. The van der Waals surface area contributed by atoms with Gasteiger partial charge in [-0.05, 0) is 26.8 Å². The van der Waals surface area contributed by atoms with Gasteiger partial charge in [-0.25, -0.2) is 4.98 Å². The van der Waals surface area contributed by atoms with Crippen molar-refractivity contribution in [3.8, 4) is 0 Å². The summed E-state index contributed by atoms with van der Waals surface area (Å²) in [5, 5.41) is 7.70. The van der Waals surface area contributed by atoms with Crippen molar-refractivity contribution >= 4 is 0 Å². The minimum Gasteiger partial charge on any atom is -0.445 e.